The van der Waals surface area contributed by atoms with E-state index in [2.05, 4.69) is 15.9 Å². The fourth-order valence-corrected chi connectivity index (χ4v) is 2.61. The third kappa shape index (κ3) is 4.21. The van der Waals surface area contributed by atoms with Crippen LogP contribution in [0.4, 0.5) is 4.39 Å². The van der Waals surface area contributed by atoms with E-state index >= 15 is 0 Å². The number of esters is 2. The van der Waals surface area contributed by atoms with E-state index < -0.39 is 30.0 Å². The topological polar surface area (TPSA) is 72.8 Å². The lowest BCUT2D eigenvalue weighted by atomic mass is 9.98. The second-order valence-electron chi connectivity index (χ2n) is 6.01. The summed E-state index contributed by atoms with van der Waals surface area (Å²) in [7, 11) is 0. The highest BCUT2D eigenvalue weighted by molar-refractivity contribution is 9.10. The minimum atomic E-state index is -1.27. The van der Waals surface area contributed by atoms with Gasteiger partial charge in [-0.25, -0.2) is 9.18 Å². The molecule has 1 fully saturated rings. The number of benzene rings is 1. The summed E-state index contributed by atoms with van der Waals surface area (Å²) < 4.78 is 23.9. The SMILES string of the molecule is CC(C)C(=O)OCC1(CO)C/C(=C\c2ccc(F)c(Br)c2)C(=O)O1. The molecule has 0 bridgehead atoms. The highest BCUT2D eigenvalue weighted by Crippen LogP contribution is 2.33. The summed E-state index contributed by atoms with van der Waals surface area (Å²) in [6.45, 7) is 2.70. The van der Waals surface area contributed by atoms with E-state index in [0.29, 0.717) is 11.1 Å². The average molecular weight is 401 g/mol. The maximum absolute atomic E-state index is 13.3. The number of rotatable bonds is 5. The number of cyclic esters (lactones) is 1. The van der Waals surface area contributed by atoms with Crippen molar-refractivity contribution in [2.24, 2.45) is 5.92 Å². The Balaban J connectivity index is 2.16. The molecule has 1 aromatic rings. The van der Waals surface area contributed by atoms with Gasteiger partial charge in [0, 0.05) is 12.0 Å². The van der Waals surface area contributed by atoms with Gasteiger partial charge < -0.3 is 14.6 Å². The second-order valence-corrected chi connectivity index (χ2v) is 6.87. The summed E-state index contributed by atoms with van der Waals surface area (Å²) >= 11 is 3.08. The van der Waals surface area contributed by atoms with Crippen LogP contribution in [0.3, 0.4) is 0 Å². The maximum Gasteiger partial charge on any atom is 0.334 e. The van der Waals surface area contributed by atoms with Crippen molar-refractivity contribution < 1.29 is 28.6 Å². The zero-order chi connectivity index (χ0) is 17.9. The Morgan fingerprint density at radius 3 is 2.83 bits per heavy atom. The summed E-state index contributed by atoms with van der Waals surface area (Å²) in [6.07, 6.45) is 1.66. The summed E-state index contributed by atoms with van der Waals surface area (Å²) in [5.74, 6) is -1.75. The van der Waals surface area contributed by atoms with Crippen LogP contribution in [0.2, 0.25) is 0 Å². The molecule has 0 amide bonds. The third-order valence-corrected chi connectivity index (χ3v) is 4.21. The van der Waals surface area contributed by atoms with Gasteiger partial charge in [0.15, 0.2) is 5.60 Å². The molecule has 130 valence electrons. The highest BCUT2D eigenvalue weighted by atomic mass is 79.9. The monoisotopic (exact) mass is 400 g/mol. The normalized spacial score (nSPS) is 22.1. The largest absolute Gasteiger partial charge is 0.461 e. The van der Waals surface area contributed by atoms with Crippen LogP contribution in [0.5, 0.6) is 0 Å². The highest BCUT2D eigenvalue weighted by Gasteiger charge is 2.44. The first-order chi connectivity index (χ1) is 11.3. The molecule has 1 heterocycles. The van der Waals surface area contributed by atoms with Crippen molar-refractivity contribution in [1.29, 1.82) is 0 Å². The first-order valence-corrected chi connectivity index (χ1v) is 8.22. The predicted octanol–water partition coefficient (Wildman–Crippen LogP) is 2.85. The number of carbonyl (C=O) groups excluding carboxylic acids is 2. The van der Waals surface area contributed by atoms with E-state index in [1.165, 1.54) is 18.2 Å². The summed E-state index contributed by atoms with van der Waals surface area (Å²) in [5.41, 5.74) is -0.337. The number of ether oxygens (including phenoxy) is 2. The van der Waals surface area contributed by atoms with Crippen LogP contribution >= 0.6 is 15.9 Å². The molecule has 1 saturated heterocycles. The number of halogens is 2. The Labute approximate surface area is 147 Å². The van der Waals surface area contributed by atoms with Gasteiger partial charge in [-0.15, -0.1) is 0 Å². The second kappa shape index (κ2) is 7.44. The molecule has 1 aliphatic heterocycles. The molecule has 7 heteroatoms. The van der Waals surface area contributed by atoms with E-state index in [1.807, 2.05) is 0 Å². The zero-order valence-corrected chi connectivity index (χ0v) is 14.9. The van der Waals surface area contributed by atoms with Crippen LogP contribution in [-0.2, 0) is 19.1 Å². The Kier molecular flexibility index (Phi) is 5.77. The van der Waals surface area contributed by atoms with Crippen LogP contribution in [0.25, 0.3) is 6.08 Å². The standard InChI is InChI=1S/C17H18BrFO5/c1-10(2)15(21)23-9-17(8-20)7-12(16(22)24-17)5-11-3-4-14(19)13(18)6-11/h3-6,10,20H,7-9H2,1-2H3/b12-5+. The Morgan fingerprint density at radius 2 is 2.25 bits per heavy atom. The van der Waals surface area contributed by atoms with Crippen LogP contribution in [0, 0.1) is 11.7 Å². The lowest BCUT2D eigenvalue weighted by molar-refractivity contribution is -0.168. The molecule has 1 unspecified atom stereocenters. The molecule has 5 nitrogen and oxygen atoms in total. The van der Waals surface area contributed by atoms with Crippen molar-refractivity contribution in [3.63, 3.8) is 0 Å². The lowest BCUT2D eigenvalue weighted by Gasteiger charge is -2.24. The van der Waals surface area contributed by atoms with Crippen molar-refractivity contribution in [2.75, 3.05) is 13.2 Å². The number of hydrogen-bond donors (Lipinski definition) is 1. The molecule has 0 saturated carbocycles. The lowest BCUT2D eigenvalue weighted by Crippen LogP contribution is -2.39. The van der Waals surface area contributed by atoms with Crippen molar-refractivity contribution in [1.82, 2.24) is 0 Å². The van der Waals surface area contributed by atoms with Gasteiger partial charge in [-0.1, -0.05) is 19.9 Å². The van der Waals surface area contributed by atoms with Gasteiger partial charge in [-0.05, 0) is 39.7 Å². The fourth-order valence-electron chi connectivity index (χ4n) is 2.21. The number of aliphatic hydroxyl groups excluding tert-OH is 1. The summed E-state index contributed by atoms with van der Waals surface area (Å²) in [6, 6.07) is 4.34. The Hall–Kier alpha value is -1.73. The van der Waals surface area contributed by atoms with Crippen molar-refractivity contribution >= 4 is 33.9 Å². The maximum atomic E-state index is 13.3. The zero-order valence-electron chi connectivity index (χ0n) is 13.3. The molecule has 0 aromatic heterocycles. The van der Waals surface area contributed by atoms with E-state index in [9.17, 15) is 19.1 Å². The van der Waals surface area contributed by atoms with E-state index in [-0.39, 0.29) is 23.4 Å². The van der Waals surface area contributed by atoms with Crippen LogP contribution < -0.4 is 0 Å². The van der Waals surface area contributed by atoms with Gasteiger partial charge in [0.25, 0.3) is 0 Å². The molecule has 0 radical (unpaired) electrons. The average Bonchev–Trinajstić information content (AvgIpc) is 2.85. The van der Waals surface area contributed by atoms with Crippen LogP contribution in [-0.4, -0.2) is 35.9 Å². The van der Waals surface area contributed by atoms with Crippen molar-refractivity contribution in [2.45, 2.75) is 25.9 Å². The molecule has 2 rings (SSSR count). The smallest absolute Gasteiger partial charge is 0.334 e. The molecule has 24 heavy (non-hydrogen) atoms. The summed E-state index contributed by atoms with van der Waals surface area (Å²) in [4.78, 5) is 23.6. The van der Waals surface area contributed by atoms with E-state index in [0.717, 1.165) is 0 Å². The Morgan fingerprint density at radius 1 is 1.54 bits per heavy atom. The van der Waals surface area contributed by atoms with Gasteiger partial charge in [-0.2, -0.15) is 0 Å². The third-order valence-electron chi connectivity index (χ3n) is 3.61. The number of hydrogen-bond acceptors (Lipinski definition) is 5. The summed E-state index contributed by atoms with van der Waals surface area (Å²) in [5, 5.41) is 9.60. The van der Waals surface area contributed by atoms with E-state index in [4.69, 9.17) is 9.47 Å². The fraction of sp³-hybridized carbons (Fsp3) is 0.412. The van der Waals surface area contributed by atoms with Gasteiger partial charge in [0.2, 0.25) is 0 Å². The first kappa shape index (κ1) is 18.6. The molecular formula is C17H18BrFO5. The van der Waals surface area contributed by atoms with Gasteiger partial charge in [-0.3, -0.25) is 4.79 Å². The van der Waals surface area contributed by atoms with Gasteiger partial charge in [0.05, 0.1) is 17.0 Å². The molecule has 0 spiro atoms. The quantitative estimate of drug-likeness (QED) is 0.607. The minimum absolute atomic E-state index is 0.0999. The molecule has 1 aliphatic rings. The molecule has 1 N–H and O–H groups in total. The Bertz CT molecular complexity index is 686. The number of carbonyl (C=O) groups is 2. The molecule has 1 atom stereocenters. The minimum Gasteiger partial charge on any atom is -0.461 e. The van der Waals surface area contributed by atoms with Gasteiger partial charge >= 0.3 is 11.9 Å². The number of aliphatic hydroxyl groups is 1. The molecule has 1 aromatic carbocycles. The van der Waals surface area contributed by atoms with Crippen molar-refractivity contribution in [3.05, 3.63) is 39.6 Å². The molecular weight excluding hydrogens is 383 g/mol. The first-order valence-electron chi connectivity index (χ1n) is 7.43. The van der Waals surface area contributed by atoms with Crippen molar-refractivity contribution in [3.8, 4) is 0 Å². The van der Waals surface area contributed by atoms with Crippen LogP contribution in [0.1, 0.15) is 25.8 Å². The van der Waals surface area contributed by atoms with Crippen LogP contribution in [0.15, 0.2) is 28.2 Å². The molecule has 0 aliphatic carbocycles. The van der Waals surface area contributed by atoms with E-state index in [1.54, 1.807) is 19.9 Å². The van der Waals surface area contributed by atoms with Gasteiger partial charge in [0.1, 0.15) is 12.4 Å². The predicted molar refractivity (Wildman–Crippen MR) is 88.4 cm³/mol.